The molecule has 2 rings (SSSR count). The van der Waals surface area contributed by atoms with Crippen molar-refractivity contribution >= 4 is 11.9 Å². The second-order valence-electron chi connectivity index (χ2n) is 4.56. The summed E-state index contributed by atoms with van der Waals surface area (Å²) < 4.78 is 5.63. The minimum Gasteiger partial charge on any atom is -0.489 e. The molecule has 0 aliphatic rings. The van der Waals surface area contributed by atoms with Gasteiger partial charge in [0.2, 0.25) is 0 Å². The zero-order valence-electron chi connectivity index (χ0n) is 12.2. The Morgan fingerprint density at radius 3 is 2.32 bits per heavy atom. The van der Waals surface area contributed by atoms with E-state index in [0.29, 0.717) is 17.9 Å². The highest BCUT2D eigenvalue weighted by Gasteiger charge is 2.08. The highest BCUT2D eigenvalue weighted by molar-refractivity contribution is 5.94. The Morgan fingerprint density at radius 2 is 1.68 bits per heavy atom. The molecule has 0 atom stereocenters. The van der Waals surface area contributed by atoms with Crippen LogP contribution < -0.4 is 10.2 Å². The van der Waals surface area contributed by atoms with Gasteiger partial charge in [-0.05, 0) is 29.8 Å². The molecule has 0 aliphatic heterocycles. The van der Waals surface area contributed by atoms with Crippen LogP contribution in [-0.4, -0.2) is 11.9 Å². The molecule has 0 aliphatic carbocycles. The molecule has 114 valence electrons. The summed E-state index contributed by atoms with van der Waals surface area (Å²) in [5.41, 5.74) is 3.55. The van der Waals surface area contributed by atoms with Crippen LogP contribution in [0.25, 0.3) is 0 Å². The van der Waals surface area contributed by atoms with Crippen molar-refractivity contribution in [2.24, 2.45) is 0 Å². The van der Waals surface area contributed by atoms with Crippen molar-refractivity contribution in [2.45, 2.75) is 20.0 Å². The van der Waals surface area contributed by atoms with Crippen molar-refractivity contribution in [1.82, 2.24) is 5.48 Å². The summed E-state index contributed by atoms with van der Waals surface area (Å²) in [5.74, 6) is -0.307. The minimum atomic E-state index is -0.490. The van der Waals surface area contributed by atoms with Crippen molar-refractivity contribution < 1.29 is 19.2 Å². The van der Waals surface area contributed by atoms with Gasteiger partial charge < -0.3 is 9.57 Å². The Labute approximate surface area is 128 Å². The van der Waals surface area contributed by atoms with Gasteiger partial charge in [0.15, 0.2) is 0 Å². The Bertz CT molecular complexity index is 623. The fourth-order valence-corrected chi connectivity index (χ4v) is 1.68. The Balaban J connectivity index is 1.87. The summed E-state index contributed by atoms with van der Waals surface area (Å²) in [5, 5.41) is 0. The molecular weight excluding hydrogens is 282 g/mol. The van der Waals surface area contributed by atoms with Gasteiger partial charge in [-0.25, -0.2) is 4.79 Å². The van der Waals surface area contributed by atoms with Gasteiger partial charge in [0.1, 0.15) is 12.4 Å². The first-order valence-electron chi connectivity index (χ1n) is 6.96. The summed E-state index contributed by atoms with van der Waals surface area (Å²) in [7, 11) is 0. The van der Waals surface area contributed by atoms with E-state index in [4.69, 9.17) is 4.74 Å². The van der Waals surface area contributed by atoms with Crippen LogP contribution in [0.4, 0.5) is 0 Å². The summed E-state index contributed by atoms with van der Waals surface area (Å²) in [6.07, 6.45) is 0.201. The SMILES string of the molecule is CCC(=O)ONC(=O)c1ccc(OCc2ccccc2)cc1. The van der Waals surface area contributed by atoms with E-state index in [-0.39, 0.29) is 6.42 Å². The first-order valence-corrected chi connectivity index (χ1v) is 6.96. The number of rotatable bonds is 5. The van der Waals surface area contributed by atoms with E-state index >= 15 is 0 Å². The number of ether oxygens (including phenoxy) is 1. The first kappa shape index (κ1) is 15.6. The number of carbonyl (C=O) groups excluding carboxylic acids is 2. The van der Waals surface area contributed by atoms with Gasteiger partial charge in [-0.3, -0.25) is 4.79 Å². The molecule has 0 fully saturated rings. The van der Waals surface area contributed by atoms with Crippen LogP contribution in [0.3, 0.4) is 0 Å². The summed E-state index contributed by atoms with van der Waals surface area (Å²) in [6.45, 7) is 2.11. The average Bonchev–Trinajstić information content (AvgIpc) is 2.59. The molecule has 2 aromatic rings. The molecular formula is C17H17NO4. The Kier molecular flexibility index (Phi) is 5.54. The van der Waals surface area contributed by atoms with E-state index in [1.54, 1.807) is 31.2 Å². The second-order valence-corrected chi connectivity index (χ2v) is 4.56. The topological polar surface area (TPSA) is 64.6 Å². The summed E-state index contributed by atoms with van der Waals surface area (Å²) in [6, 6.07) is 16.4. The van der Waals surface area contributed by atoms with Crippen LogP contribution in [0, 0.1) is 0 Å². The van der Waals surface area contributed by atoms with Crippen LogP contribution in [0.15, 0.2) is 54.6 Å². The molecule has 0 radical (unpaired) electrons. The fraction of sp³-hybridized carbons (Fsp3) is 0.176. The fourth-order valence-electron chi connectivity index (χ4n) is 1.68. The number of hydrogen-bond donors (Lipinski definition) is 1. The standard InChI is InChI=1S/C17H17NO4/c1-2-16(19)22-18-17(20)14-8-10-15(11-9-14)21-12-13-6-4-3-5-7-13/h3-11H,2,12H2,1H3,(H,18,20). The summed E-state index contributed by atoms with van der Waals surface area (Å²) >= 11 is 0. The highest BCUT2D eigenvalue weighted by Crippen LogP contribution is 2.14. The molecule has 0 aromatic heterocycles. The van der Waals surface area contributed by atoms with E-state index in [0.717, 1.165) is 5.56 Å². The van der Waals surface area contributed by atoms with Gasteiger partial charge in [-0.2, -0.15) is 5.48 Å². The number of amides is 1. The predicted molar refractivity (Wildman–Crippen MR) is 81.1 cm³/mol. The monoisotopic (exact) mass is 299 g/mol. The van der Waals surface area contributed by atoms with Gasteiger partial charge in [0, 0.05) is 12.0 Å². The molecule has 5 nitrogen and oxygen atoms in total. The first-order chi connectivity index (χ1) is 10.7. The molecule has 0 unspecified atom stereocenters. The second kappa shape index (κ2) is 7.83. The van der Waals surface area contributed by atoms with Gasteiger partial charge in [0.05, 0.1) is 0 Å². The van der Waals surface area contributed by atoms with Crippen molar-refractivity contribution in [3.8, 4) is 5.75 Å². The molecule has 0 spiro atoms. The lowest BCUT2D eigenvalue weighted by Gasteiger charge is -2.08. The molecule has 0 saturated carbocycles. The van der Waals surface area contributed by atoms with Gasteiger partial charge in [-0.1, -0.05) is 37.3 Å². The predicted octanol–water partition coefficient (Wildman–Crippen LogP) is 2.86. The maximum atomic E-state index is 11.7. The van der Waals surface area contributed by atoms with Crippen molar-refractivity contribution in [3.05, 3.63) is 65.7 Å². The Morgan fingerprint density at radius 1 is 1.00 bits per heavy atom. The third kappa shape index (κ3) is 4.63. The zero-order chi connectivity index (χ0) is 15.8. The number of carbonyl (C=O) groups is 2. The normalized spacial score (nSPS) is 9.86. The molecule has 22 heavy (non-hydrogen) atoms. The van der Waals surface area contributed by atoms with E-state index in [2.05, 4.69) is 10.3 Å². The Hall–Kier alpha value is -2.82. The van der Waals surface area contributed by atoms with Gasteiger partial charge in [0.25, 0.3) is 5.91 Å². The minimum absolute atomic E-state index is 0.201. The molecule has 2 aromatic carbocycles. The highest BCUT2D eigenvalue weighted by atomic mass is 16.7. The summed E-state index contributed by atoms with van der Waals surface area (Å²) in [4.78, 5) is 27.3. The van der Waals surface area contributed by atoms with E-state index < -0.39 is 11.9 Å². The zero-order valence-corrected chi connectivity index (χ0v) is 12.2. The lowest BCUT2D eigenvalue weighted by atomic mass is 10.2. The van der Waals surface area contributed by atoms with Crippen LogP contribution in [0.5, 0.6) is 5.75 Å². The van der Waals surface area contributed by atoms with Gasteiger partial charge in [-0.15, -0.1) is 0 Å². The molecule has 0 saturated heterocycles. The van der Waals surface area contributed by atoms with Crippen molar-refractivity contribution in [1.29, 1.82) is 0 Å². The maximum absolute atomic E-state index is 11.7. The molecule has 0 heterocycles. The average molecular weight is 299 g/mol. The molecule has 5 heteroatoms. The van der Waals surface area contributed by atoms with Crippen LogP contribution in [0.2, 0.25) is 0 Å². The molecule has 0 bridgehead atoms. The quantitative estimate of drug-likeness (QED) is 0.862. The number of hydrogen-bond acceptors (Lipinski definition) is 4. The van der Waals surface area contributed by atoms with Crippen LogP contribution in [-0.2, 0) is 16.2 Å². The largest absolute Gasteiger partial charge is 0.489 e. The lowest BCUT2D eigenvalue weighted by Crippen LogP contribution is -2.26. The molecule has 1 amide bonds. The van der Waals surface area contributed by atoms with Crippen molar-refractivity contribution in [3.63, 3.8) is 0 Å². The van der Waals surface area contributed by atoms with E-state index in [9.17, 15) is 9.59 Å². The smallest absolute Gasteiger partial charge is 0.331 e. The van der Waals surface area contributed by atoms with Crippen LogP contribution >= 0.6 is 0 Å². The molecule has 1 N–H and O–H groups in total. The van der Waals surface area contributed by atoms with Crippen LogP contribution in [0.1, 0.15) is 29.3 Å². The van der Waals surface area contributed by atoms with E-state index in [1.807, 2.05) is 30.3 Å². The van der Waals surface area contributed by atoms with Gasteiger partial charge >= 0.3 is 5.97 Å². The van der Waals surface area contributed by atoms with Crippen molar-refractivity contribution in [2.75, 3.05) is 0 Å². The third-order valence-corrected chi connectivity index (χ3v) is 2.91. The third-order valence-electron chi connectivity index (χ3n) is 2.91. The lowest BCUT2D eigenvalue weighted by molar-refractivity contribution is -0.148. The maximum Gasteiger partial charge on any atom is 0.331 e. The number of nitrogens with one attached hydrogen (secondary N) is 1. The van der Waals surface area contributed by atoms with E-state index in [1.165, 1.54) is 0 Å². The number of hydroxylamine groups is 1. The number of benzene rings is 2.